The summed E-state index contributed by atoms with van der Waals surface area (Å²) in [6, 6.07) is 0. The first-order valence-corrected chi connectivity index (χ1v) is 4.64. The number of hydrogen-bond acceptors (Lipinski definition) is 2. The summed E-state index contributed by atoms with van der Waals surface area (Å²) in [7, 11) is -3.27. The third kappa shape index (κ3) is 4.68. The summed E-state index contributed by atoms with van der Waals surface area (Å²) in [5.41, 5.74) is 0. The van der Waals surface area contributed by atoms with E-state index in [-0.39, 0.29) is 34.8 Å². The Bertz CT molecular complexity index is 162. The van der Waals surface area contributed by atoms with Crippen molar-refractivity contribution in [2.75, 3.05) is 0 Å². The quantitative estimate of drug-likeness (QED) is 0.605. The van der Waals surface area contributed by atoms with Gasteiger partial charge in [0, 0.05) is 0 Å². The van der Waals surface area contributed by atoms with E-state index >= 15 is 0 Å². The van der Waals surface area contributed by atoms with Crippen molar-refractivity contribution in [3.63, 3.8) is 0 Å². The molecule has 58 valence electrons. The van der Waals surface area contributed by atoms with Gasteiger partial charge in [-0.1, -0.05) is 13.8 Å². The molecule has 2 N–H and O–H groups in total. The molecule has 0 bridgehead atoms. The van der Waals surface area contributed by atoms with E-state index < -0.39 is 10.0 Å². The molecule has 0 spiro atoms. The second-order valence-electron chi connectivity index (χ2n) is 2.03. The number of rotatable bonds is 3. The van der Waals surface area contributed by atoms with Gasteiger partial charge in [0.2, 0.25) is 10.0 Å². The fourth-order valence-electron chi connectivity index (χ4n) is 0.753. The van der Waals surface area contributed by atoms with Gasteiger partial charge in [0.25, 0.3) is 0 Å². The Kier molecular flexibility index (Phi) is 7.49. The molecule has 0 radical (unpaired) electrons. The number of hydrogen-bond donors (Lipinski definition) is 1. The Morgan fingerprint density at radius 1 is 1.30 bits per heavy atom. The minimum atomic E-state index is -3.27. The van der Waals surface area contributed by atoms with Crippen LogP contribution in [0, 0.1) is 0 Å². The number of primary sulfonamides is 1. The average molecular weight is 175 g/mol. The van der Waals surface area contributed by atoms with Crippen molar-refractivity contribution in [1.82, 2.24) is 0 Å². The molecule has 0 unspecified atom stereocenters. The van der Waals surface area contributed by atoms with Crippen LogP contribution in [0.25, 0.3) is 0 Å². The van der Waals surface area contributed by atoms with Crippen molar-refractivity contribution >= 4 is 39.6 Å². The van der Waals surface area contributed by atoms with Crippen LogP contribution in [-0.4, -0.2) is 43.2 Å². The Hall–Kier alpha value is 0.910. The molecule has 0 aliphatic rings. The molecule has 3 nitrogen and oxygen atoms in total. The molecule has 5 heteroatoms. The Morgan fingerprint density at radius 2 is 1.60 bits per heavy atom. The van der Waals surface area contributed by atoms with Crippen molar-refractivity contribution in [2.45, 2.75) is 31.9 Å². The fourth-order valence-corrected chi connectivity index (χ4v) is 1.68. The molecule has 0 aliphatic heterocycles. The van der Waals surface area contributed by atoms with Gasteiger partial charge in [-0.2, -0.15) is 0 Å². The molecule has 0 atom stereocenters. The first kappa shape index (κ1) is 13.5. The molecule has 0 aromatic heterocycles. The van der Waals surface area contributed by atoms with Gasteiger partial charge in [-0.25, -0.2) is 13.6 Å². The molecular formula is C5H14NNaO2S. The molecule has 10 heavy (non-hydrogen) atoms. The van der Waals surface area contributed by atoms with E-state index in [1.54, 1.807) is 0 Å². The van der Waals surface area contributed by atoms with Crippen molar-refractivity contribution in [3.8, 4) is 0 Å². The summed E-state index contributed by atoms with van der Waals surface area (Å²) in [5.74, 6) is 0. The zero-order chi connectivity index (χ0) is 7.49. The third-order valence-electron chi connectivity index (χ3n) is 1.38. The molecule has 0 aromatic rings. The average Bonchev–Trinajstić information content (AvgIpc) is 1.65. The summed E-state index contributed by atoms with van der Waals surface area (Å²) in [4.78, 5) is 0. The first-order chi connectivity index (χ1) is 4.02. The van der Waals surface area contributed by atoms with E-state index in [0.29, 0.717) is 12.8 Å². The SMILES string of the molecule is CCC(CC)S(N)(=O)=O.[NaH]. The van der Waals surface area contributed by atoms with Gasteiger partial charge in [-0.05, 0) is 12.8 Å². The maximum atomic E-state index is 10.6. The molecule has 0 heterocycles. The Labute approximate surface area is 84.7 Å². The second kappa shape index (κ2) is 5.55. The first-order valence-electron chi connectivity index (χ1n) is 3.04. The standard InChI is InChI=1S/C5H13NO2S.Na.H/c1-3-5(4-2)9(6,7)8;;/h5H,3-4H2,1-2H3,(H2,6,7,8);;. The summed E-state index contributed by atoms with van der Waals surface area (Å²) >= 11 is 0. The van der Waals surface area contributed by atoms with Crippen molar-refractivity contribution in [1.29, 1.82) is 0 Å². The van der Waals surface area contributed by atoms with Gasteiger partial charge in [0.1, 0.15) is 0 Å². The molecule has 0 aromatic carbocycles. The van der Waals surface area contributed by atoms with Crippen molar-refractivity contribution in [2.24, 2.45) is 5.14 Å². The van der Waals surface area contributed by atoms with Gasteiger partial charge in [-0.3, -0.25) is 0 Å². The molecule has 0 rings (SSSR count). The summed E-state index contributed by atoms with van der Waals surface area (Å²) in [6.07, 6.45) is 1.21. The van der Waals surface area contributed by atoms with Crippen LogP contribution in [0.2, 0.25) is 0 Å². The van der Waals surface area contributed by atoms with Gasteiger partial charge < -0.3 is 0 Å². The van der Waals surface area contributed by atoms with E-state index in [2.05, 4.69) is 0 Å². The van der Waals surface area contributed by atoms with Crippen LogP contribution in [0.4, 0.5) is 0 Å². The number of sulfonamides is 1. The van der Waals surface area contributed by atoms with Crippen molar-refractivity contribution in [3.05, 3.63) is 0 Å². The zero-order valence-corrected chi connectivity index (χ0v) is 6.61. The van der Waals surface area contributed by atoms with Gasteiger partial charge in [0.15, 0.2) is 0 Å². The summed E-state index contributed by atoms with van der Waals surface area (Å²) in [5, 5.41) is 4.52. The molecule has 0 saturated heterocycles. The second-order valence-corrected chi connectivity index (χ2v) is 3.87. The van der Waals surface area contributed by atoms with E-state index in [4.69, 9.17) is 5.14 Å². The van der Waals surface area contributed by atoms with Crippen LogP contribution in [0.1, 0.15) is 26.7 Å². The maximum absolute atomic E-state index is 10.6. The summed E-state index contributed by atoms with van der Waals surface area (Å²) in [6.45, 7) is 3.64. The van der Waals surface area contributed by atoms with Crippen LogP contribution >= 0.6 is 0 Å². The van der Waals surface area contributed by atoms with E-state index in [1.165, 1.54) is 0 Å². The van der Waals surface area contributed by atoms with Gasteiger partial charge in [-0.15, -0.1) is 0 Å². The fraction of sp³-hybridized carbons (Fsp3) is 1.00. The zero-order valence-electron chi connectivity index (χ0n) is 5.79. The van der Waals surface area contributed by atoms with E-state index in [9.17, 15) is 8.42 Å². The van der Waals surface area contributed by atoms with Crippen LogP contribution < -0.4 is 5.14 Å². The minimum absolute atomic E-state index is 0. The Balaban J connectivity index is 0. The van der Waals surface area contributed by atoms with Gasteiger partial charge in [0.05, 0.1) is 5.25 Å². The van der Waals surface area contributed by atoms with Gasteiger partial charge >= 0.3 is 29.6 Å². The molecular weight excluding hydrogens is 161 g/mol. The van der Waals surface area contributed by atoms with Crippen molar-refractivity contribution < 1.29 is 8.42 Å². The topological polar surface area (TPSA) is 60.2 Å². The molecule has 0 saturated carbocycles. The normalized spacial score (nSPS) is 11.2. The monoisotopic (exact) mass is 175 g/mol. The van der Waals surface area contributed by atoms with E-state index in [0.717, 1.165) is 0 Å². The number of nitrogens with two attached hydrogens (primary N) is 1. The molecule has 0 aliphatic carbocycles. The predicted octanol–water partition coefficient (Wildman–Crippen LogP) is -0.185. The van der Waals surface area contributed by atoms with Crippen LogP contribution in [0.3, 0.4) is 0 Å². The van der Waals surface area contributed by atoms with Crippen LogP contribution in [0.15, 0.2) is 0 Å². The van der Waals surface area contributed by atoms with E-state index in [1.807, 2.05) is 13.8 Å². The third-order valence-corrected chi connectivity index (χ3v) is 2.97. The van der Waals surface area contributed by atoms with Crippen LogP contribution in [-0.2, 0) is 10.0 Å². The Morgan fingerprint density at radius 3 is 1.60 bits per heavy atom. The summed E-state index contributed by atoms with van der Waals surface area (Å²) < 4.78 is 21.1. The predicted molar refractivity (Wildman–Crippen MR) is 44.6 cm³/mol. The molecule has 0 fully saturated rings. The molecule has 0 amide bonds. The van der Waals surface area contributed by atoms with Crippen LogP contribution in [0.5, 0.6) is 0 Å².